The summed E-state index contributed by atoms with van der Waals surface area (Å²) in [6, 6.07) is 21.4. The molecule has 0 fully saturated rings. The van der Waals surface area contributed by atoms with Gasteiger partial charge in [-0.3, -0.25) is 4.79 Å². The molecular formula is C28H33ClN2O5S. The molecule has 0 bridgehead atoms. The first-order valence-electron chi connectivity index (χ1n) is 12.0. The first kappa shape index (κ1) is 28.7. The summed E-state index contributed by atoms with van der Waals surface area (Å²) in [5, 5.41) is 14.5. The summed E-state index contributed by atoms with van der Waals surface area (Å²) in [6.45, 7) is 3.81. The zero-order valence-corrected chi connectivity index (χ0v) is 22.7. The van der Waals surface area contributed by atoms with Crippen molar-refractivity contribution in [2.45, 2.75) is 37.3 Å². The van der Waals surface area contributed by atoms with Crippen LogP contribution in [0.3, 0.4) is 0 Å². The lowest BCUT2D eigenvalue weighted by molar-refractivity contribution is 0.0776. The maximum Gasteiger partial charge on any atom is 0.253 e. The van der Waals surface area contributed by atoms with Gasteiger partial charge >= 0.3 is 0 Å². The Hall–Kier alpha value is -2.91. The number of benzene rings is 3. The van der Waals surface area contributed by atoms with E-state index in [9.17, 15) is 18.3 Å². The number of nitrogens with zero attached hydrogens (tertiary/aromatic N) is 1. The van der Waals surface area contributed by atoms with E-state index in [4.69, 9.17) is 16.3 Å². The maximum absolute atomic E-state index is 13.5. The molecule has 1 amide bonds. The Morgan fingerprint density at radius 2 is 1.59 bits per heavy atom. The van der Waals surface area contributed by atoms with Crippen molar-refractivity contribution in [3.8, 4) is 5.75 Å². The van der Waals surface area contributed by atoms with Crippen molar-refractivity contribution in [2.24, 2.45) is 5.92 Å². The highest BCUT2D eigenvalue weighted by Crippen LogP contribution is 2.22. The van der Waals surface area contributed by atoms with E-state index in [1.165, 1.54) is 23.5 Å². The summed E-state index contributed by atoms with van der Waals surface area (Å²) in [5.41, 5.74) is 1.17. The minimum Gasteiger partial charge on any atom is -0.497 e. The molecule has 0 saturated carbocycles. The van der Waals surface area contributed by atoms with Gasteiger partial charge in [0.15, 0.2) is 0 Å². The Bertz CT molecular complexity index is 1270. The summed E-state index contributed by atoms with van der Waals surface area (Å²) in [7, 11) is -2.42. The molecule has 3 aromatic carbocycles. The molecule has 198 valence electrons. The van der Waals surface area contributed by atoms with Gasteiger partial charge in [0, 0.05) is 13.1 Å². The number of carbonyl (C=O) groups excluding carboxylic acids is 1. The molecule has 0 saturated heterocycles. The van der Waals surface area contributed by atoms with E-state index in [2.05, 4.69) is 5.32 Å². The highest BCUT2D eigenvalue weighted by molar-refractivity contribution is 7.89. The van der Waals surface area contributed by atoms with Crippen LogP contribution >= 0.6 is 11.6 Å². The van der Waals surface area contributed by atoms with Crippen molar-refractivity contribution in [2.75, 3.05) is 20.2 Å². The van der Waals surface area contributed by atoms with Gasteiger partial charge in [0.1, 0.15) is 5.75 Å². The number of sulfonamides is 1. The maximum atomic E-state index is 13.5. The van der Waals surface area contributed by atoms with Crippen molar-refractivity contribution in [1.29, 1.82) is 0 Å². The van der Waals surface area contributed by atoms with Gasteiger partial charge in [-0.15, -0.1) is 0 Å². The lowest BCUT2D eigenvalue weighted by atomic mass is 10.00. The largest absolute Gasteiger partial charge is 0.497 e. The molecule has 0 aromatic heterocycles. The monoisotopic (exact) mass is 544 g/mol. The average Bonchev–Trinajstić information content (AvgIpc) is 2.88. The molecule has 9 heteroatoms. The van der Waals surface area contributed by atoms with Gasteiger partial charge in [0.05, 0.1) is 34.7 Å². The van der Waals surface area contributed by atoms with Crippen LogP contribution < -0.4 is 10.1 Å². The van der Waals surface area contributed by atoms with E-state index < -0.39 is 28.1 Å². The van der Waals surface area contributed by atoms with Crippen molar-refractivity contribution in [1.82, 2.24) is 9.62 Å². The zero-order valence-electron chi connectivity index (χ0n) is 21.2. The molecule has 3 rings (SSSR count). The number of halogens is 1. The third kappa shape index (κ3) is 7.79. The van der Waals surface area contributed by atoms with Crippen LogP contribution in [0.4, 0.5) is 0 Å². The Morgan fingerprint density at radius 3 is 2.19 bits per heavy atom. The second kappa shape index (κ2) is 13.1. The molecule has 0 aliphatic rings. The normalized spacial score (nSPS) is 13.4. The van der Waals surface area contributed by atoms with Gasteiger partial charge in [0.25, 0.3) is 5.91 Å². The quantitative estimate of drug-likeness (QED) is 0.352. The number of amides is 1. The summed E-state index contributed by atoms with van der Waals surface area (Å²) in [4.78, 5) is 13.2. The zero-order chi connectivity index (χ0) is 27.0. The Kier molecular flexibility index (Phi) is 10.1. The van der Waals surface area contributed by atoms with Gasteiger partial charge in [-0.05, 0) is 54.3 Å². The van der Waals surface area contributed by atoms with Crippen molar-refractivity contribution >= 4 is 27.5 Å². The number of hydrogen-bond donors (Lipinski definition) is 2. The molecular weight excluding hydrogens is 512 g/mol. The summed E-state index contributed by atoms with van der Waals surface area (Å²) in [5.74, 6) is 0.101. The van der Waals surface area contributed by atoms with Crippen LogP contribution in [-0.2, 0) is 16.4 Å². The first-order chi connectivity index (χ1) is 17.6. The third-order valence-electron chi connectivity index (χ3n) is 5.85. The van der Waals surface area contributed by atoms with Crippen molar-refractivity contribution < 1.29 is 23.1 Å². The third-order valence-corrected chi connectivity index (χ3v) is 8.03. The highest BCUT2D eigenvalue weighted by Gasteiger charge is 2.31. The smallest absolute Gasteiger partial charge is 0.253 e. The summed E-state index contributed by atoms with van der Waals surface area (Å²) in [6.07, 6.45) is -0.894. The Morgan fingerprint density at radius 1 is 0.973 bits per heavy atom. The van der Waals surface area contributed by atoms with Gasteiger partial charge in [-0.2, -0.15) is 4.31 Å². The van der Waals surface area contributed by atoms with E-state index in [1.54, 1.807) is 36.4 Å². The minimum absolute atomic E-state index is 0.00510. The number of aliphatic hydroxyl groups is 1. The Labute approximate surface area is 224 Å². The van der Waals surface area contributed by atoms with Gasteiger partial charge < -0.3 is 15.2 Å². The van der Waals surface area contributed by atoms with E-state index in [0.29, 0.717) is 12.2 Å². The number of hydrogen-bond acceptors (Lipinski definition) is 5. The number of methoxy groups -OCH3 is 1. The Balaban J connectivity index is 1.89. The molecule has 37 heavy (non-hydrogen) atoms. The van der Waals surface area contributed by atoms with Gasteiger partial charge in [0.2, 0.25) is 10.0 Å². The molecule has 2 N–H and O–H groups in total. The van der Waals surface area contributed by atoms with Crippen LogP contribution in [-0.4, -0.2) is 56.1 Å². The predicted molar refractivity (Wildman–Crippen MR) is 145 cm³/mol. The first-order valence-corrected chi connectivity index (χ1v) is 13.8. The number of aliphatic hydroxyl groups excluding tert-OH is 1. The van der Waals surface area contributed by atoms with Gasteiger partial charge in [-0.1, -0.05) is 67.9 Å². The number of nitrogens with one attached hydrogen (secondary N) is 1. The predicted octanol–water partition coefficient (Wildman–Crippen LogP) is 4.40. The molecule has 2 atom stereocenters. The van der Waals surface area contributed by atoms with Crippen LogP contribution in [0.1, 0.15) is 29.8 Å². The fourth-order valence-electron chi connectivity index (χ4n) is 3.95. The number of carbonyl (C=O) groups is 1. The average molecular weight is 545 g/mol. The molecule has 0 heterocycles. The van der Waals surface area contributed by atoms with Crippen molar-refractivity contribution in [3.05, 3.63) is 95.0 Å². The second-order valence-electron chi connectivity index (χ2n) is 9.21. The fraction of sp³-hybridized carbons (Fsp3) is 0.321. The van der Waals surface area contributed by atoms with Crippen LogP contribution in [0.15, 0.2) is 83.8 Å². The highest BCUT2D eigenvalue weighted by atomic mass is 35.5. The van der Waals surface area contributed by atoms with Crippen LogP contribution in [0.5, 0.6) is 5.75 Å². The summed E-state index contributed by atoms with van der Waals surface area (Å²) >= 11 is 6.21. The number of ether oxygens (including phenoxy) is 1. The molecule has 0 radical (unpaired) electrons. The van der Waals surface area contributed by atoms with E-state index in [-0.39, 0.29) is 34.5 Å². The molecule has 0 aliphatic carbocycles. The molecule has 3 aromatic rings. The number of rotatable bonds is 12. The lowest BCUT2D eigenvalue weighted by Crippen LogP contribution is -2.51. The summed E-state index contributed by atoms with van der Waals surface area (Å²) < 4.78 is 33.5. The molecule has 7 nitrogen and oxygen atoms in total. The minimum atomic E-state index is -3.93. The second-order valence-corrected chi connectivity index (χ2v) is 11.6. The molecule has 0 aliphatic heterocycles. The van der Waals surface area contributed by atoms with E-state index >= 15 is 0 Å². The van der Waals surface area contributed by atoms with E-state index in [0.717, 1.165) is 5.56 Å². The topological polar surface area (TPSA) is 95.9 Å². The van der Waals surface area contributed by atoms with Crippen LogP contribution in [0.2, 0.25) is 5.02 Å². The molecule has 2 unspecified atom stereocenters. The van der Waals surface area contributed by atoms with Crippen LogP contribution in [0.25, 0.3) is 0 Å². The lowest BCUT2D eigenvalue weighted by Gasteiger charge is -2.31. The van der Waals surface area contributed by atoms with Gasteiger partial charge in [-0.25, -0.2) is 8.42 Å². The fourth-order valence-corrected chi connectivity index (χ4v) is 5.80. The SMILES string of the molecule is COc1ccc(S(=O)(=O)N(CC(C)C)CC(O)C(Cc2ccccc2)NC(=O)c2ccccc2Cl)cc1. The molecule has 0 spiro atoms. The van der Waals surface area contributed by atoms with Crippen molar-refractivity contribution in [3.63, 3.8) is 0 Å². The van der Waals surface area contributed by atoms with E-state index in [1.807, 2.05) is 44.2 Å². The standard InChI is InChI=1S/C28H33ClN2O5S/c1-20(2)18-31(37(34,35)23-15-13-22(36-3)14-16-23)19-27(32)26(17-21-9-5-4-6-10-21)30-28(33)24-11-7-8-12-25(24)29/h4-16,20,26-27,32H,17-19H2,1-3H3,(H,30,33). The van der Waals surface area contributed by atoms with Crippen LogP contribution in [0, 0.1) is 5.92 Å².